The molecular weight excluding hydrogens is 465 g/mol. The number of hydrogen-bond donors (Lipinski definition) is 2. The maximum Gasteiger partial charge on any atom is 0.417 e. The number of para-hydroxylation sites is 1. The van der Waals surface area contributed by atoms with E-state index in [1.54, 1.807) is 36.4 Å². The minimum absolute atomic E-state index is 0.0550. The summed E-state index contributed by atoms with van der Waals surface area (Å²) in [6.45, 7) is 0. The van der Waals surface area contributed by atoms with Crippen LogP contribution in [-0.4, -0.2) is 26.0 Å². The van der Waals surface area contributed by atoms with E-state index in [1.165, 1.54) is 32.4 Å². The van der Waals surface area contributed by atoms with Crippen LogP contribution in [0.3, 0.4) is 0 Å². The summed E-state index contributed by atoms with van der Waals surface area (Å²) in [6, 6.07) is 15.5. The summed E-state index contributed by atoms with van der Waals surface area (Å²) in [5, 5.41) is 5.42. The maximum absolute atomic E-state index is 13.4. The van der Waals surface area contributed by atoms with Crippen molar-refractivity contribution in [1.29, 1.82) is 0 Å². The van der Waals surface area contributed by atoms with Gasteiger partial charge in [-0.15, -0.1) is 0 Å². The van der Waals surface area contributed by atoms with Crippen LogP contribution in [0.4, 0.5) is 24.5 Å². The fraction of sp³-hybridized carbons (Fsp3) is 0.120. The van der Waals surface area contributed by atoms with Gasteiger partial charge in [-0.2, -0.15) is 13.2 Å². The Hall–Kier alpha value is -4.47. The number of anilines is 2. The Morgan fingerprint density at radius 2 is 1.51 bits per heavy atom. The molecule has 0 aliphatic heterocycles. The molecule has 0 radical (unpaired) electrons. The quantitative estimate of drug-likeness (QED) is 0.352. The summed E-state index contributed by atoms with van der Waals surface area (Å²) in [5.74, 6) is -1.23. The first kappa shape index (κ1) is 23.7. The molecule has 0 saturated heterocycles. The smallest absolute Gasteiger partial charge is 0.417 e. The zero-order valence-corrected chi connectivity index (χ0v) is 18.5. The number of nitrogens with one attached hydrogen (secondary N) is 2. The van der Waals surface area contributed by atoms with Crippen molar-refractivity contribution < 1.29 is 36.7 Å². The molecule has 2 amide bonds. The van der Waals surface area contributed by atoms with E-state index in [0.717, 1.165) is 12.1 Å². The van der Waals surface area contributed by atoms with Crippen molar-refractivity contribution in [3.05, 3.63) is 83.6 Å². The molecular formula is C25H19F3N2O5. The highest BCUT2D eigenvalue weighted by Crippen LogP contribution is 2.35. The molecule has 0 atom stereocenters. The lowest BCUT2D eigenvalue weighted by molar-refractivity contribution is -0.137. The Morgan fingerprint density at radius 1 is 0.829 bits per heavy atom. The first-order valence-corrected chi connectivity index (χ1v) is 10.3. The second-order valence-electron chi connectivity index (χ2n) is 7.32. The highest BCUT2D eigenvalue weighted by Gasteiger charge is 2.35. The third-order valence-corrected chi connectivity index (χ3v) is 5.16. The maximum atomic E-state index is 13.4. The molecule has 2 N–H and O–H groups in total. The molecule has 35 heavy (non-hydrogen) atoms. The lowest BCUT2D eigenvalue weighted by atomic mass is 10.1. The second-order valence-corrected chi connectivity index (χ2v) is 7.32. The average Bonchev–Trinajstić information content (AvgIpc) is 3.22. The van der Waals surface area contributed by atoms with Crippen molar-refractivity contribution in [2.45, 2.75) is 6.18 Å². The summed E-state index contributed by atoms with van der Waals surface area (Å²) in [7, 11) is 2.91. The molecule has 1 aromatic heterocycles. The van der Waals surface area contributed by atoms with Gasteiger partial charge in [-0.1, -0.05) is 24.3 Å². The van der Waals surface area contributed by atoms with E-state index in [0.29, 0.717) is 22.6 Å². The van der Waals surface area contributed by atoms with Gasteiger partial charge in [0, 0.05) is 17.1 Å². The predicted octanol–water partition coefficient (Wildman–Crippen LogP) is 5.97. The number of benzene rings is 3. The van der Waals surface area contributed by atoms with Gasteiger partial charge in [0.15, 0.2) is 11.5 Å². The van der Waals surface area contributed by atoms with Crippen LogP contribution in [-0.2, 0) is 6.18 Å². The van der Waals surface area contributed by atoms with Gasteiger partial charge in [-0.25, -0.2) is 0 Å². The van der Waals surface area contributed by atoms with Crippen LogP contribution < -0.4 is 20.1 Å². The van der Waals surface area contributed by atoms with Gasteiger partial charge in [-0.3, -0.25) is 9.59 Å². The van der Waals surface area contributed by atoms with Crippen LogP contribution in [0.15, 0.2) is 71.1 Å². The molecule has 4 aromatic rings. The minimum Gasteiger partial charge on any atom is -0.493 e. The van der Waals surface area contributed by atoms with E-state index in [1.807, 2.05) is 0 Å². The number of furan rings is 1. The van der Waals surface area contributed by atoms with E-state index >= 15 is 0 Å². The standard InChI is InChI=1S/C25H19F3N2O5/c1-33-19-12-11-14(13-20(19)34-2)29-24(32)22-21(16-8-4-6-10-18(16)35-22)30-23(31)15-7-3-5-9-17(15)25(26,27)28/h3-13H,1-2H3,(H,29,32)(H,30,31). The SMILES string of the molecule is COc1ccc(NC(=O)c2oc3ccccc3c2NC(=O)c2ccccc2C(F)(F)F)cc1OC. The van der Waals surface area contributed by atoms with Crippen LogP contribution in [0.5, 0.6) is 11.5 Å². The molecule has 4 rings (SSSR count). The molecule has 0 saturated carbocycles. The Labute approximate surface area is 197 Å². The number of amides is 2. The van der Waals surface area contributed by atoms with Gasteiger partial charge >= 0.3 is 6.18 Å². The summed E-state index contributed by atoms with van der Waals surface area (Å²) in [6.07, 6.45) is -4.74. The van der Waals surface area contributed by atoms with Gasteiger partial charge < -0.3 is 24.5 Å². The molecule has 1 heterocycles. The fourth-order valence-corrected chi connectivity index (χ4v) is 3.54. The number of alkyl halides is 3. The van der Waals surface area contributed by atoms with Gasteiger partial charge in [0.25, 0.3) is 11.8 Å². The lowest BCUT2D eigenvalue weighted by Gasteiger charge is -2.13. The molecule has 0 bridgehead atoms. The minimum atomic E-state index is -4.74. The van der Waals surface area contributed by atoms with E-state index in [9.17, 15) is 22.8 Å². The van der Waals surface area contributed by atoms with Crippen molar-refractivity contribution in [3.8, 4) is 11.5 Å². The number of rotatable bonds is 6. The van der Waals surface area contributed by atoms with Crippen molar-refractivity contribution in [1.82, 2.24) is 0 Å². The molecule has 3 aromatic carbocycles. The van der Waals surface area contributed by atoms with Crippen LogP contribution in [0.25, 0.3) is 11.0 Å². The molecule has 180 valence electrons. The van der Waals surface area contributed by atoms with Gasteiger partial charge in [0.1, 0.15) is 11.3 Å². The normalized spacial score (nSPS) is 11.2. The van der Waals surface area contributed by atoms with E-state index in [4.69, 9.17) is 13.9 Å². The van der Waals surface area contributed by atoms with Crippen LogP contribution in [0, 0.1) is 0 Å². The molecule has 0 aliphatic rings. The summed E-state index contributed by atoms with van der Waals surface area (Å²) in [4.78, 5) is 26.0. The number of halogens is 3. The van der Waals surface area contributed by atoms with E-state index in [2.05, 4.69) is 10.6 Å². The first-order valence-electron chi connectivity index (χ1n) is 10.3. The molecule has 0 unspecified atom stereocenters. The molecule has 0 fully saturated rings. The molecule has 0 aliphatic carbocycles. The Balaban J connectivity index is 1.71. The molecule has 7 nitrogen and oxygen atoms in total. The van der Waals surface area contributed by atoms with Crippen LogP contribution >= 0.6 is 0 Å². The van der Waals surface area contributed by atoms with Gasteiger partial charge in [0.05, 0.1) is 25.3 Å². The summed E-state index contributed by atoms with van der Waals surface area (Å²) >= 11 is 0. The van der Waals surface area contributed by atoms with Gasteiger partial charge in [0.2, 0.25) is 5.76 Å². The lowest BCUT2D eigenvalue weighted by Crippen LogP contribution is -2.20. The van der Waals surface area contributed by atoms with Crippen LogP contribution in [0.2, 0.25) is 0 Å². The molecule has 0 spiro atoms. The van der Waals surface area contributed by atoms with Gasteiger partial charge in [-0.05, 0) is 36.4 Å². The Kier molecular flexibility index (Phi) is 6.37. The van der Waals surface area contributed by atoms with Crippen LogP contribution in [0.1, 0.15) is 26.5 Å². The average molecular weight is 484 g/mol. The van der Waals surface area contributed by atoms with Crippen molar-refractivity contribution in [2.24, 2.45) is 0 Å². The molecule has 10 heteroatoms. The van der Waals surface area contributed by atoms with Crippen molar-refractivity contribution in [2.75, 3.05) is 24.9 Å². The largest absolute Gasteiger partial charge is 0.493 e. The first-order chi connectivity index (χ1) is 16.7. The highest BCUT2D eigenvalue weighted by molar-refractivity contribution is 6.17. The van der Waals surface area contributed by atoms with Crippen molar-refractivity contribution >= 4 is 34.2 Å². The number of methoxy groups -OCH3 is 2. The second kappa shape index (κ2) is 9.41. The third-order valence-electron chi connectivity index (χ3n) is 5.16. The third kappa shape index (κ3) is 4.77. The van der Waals surface area contributed by atoms with Crippen molar-refractivity contribution in [3.63, 3.8) is 0 Å². The topological polar surface area (TPSA) is 89.8 Å². The number of hydrogen-bond acceptors (Lipinski definition) is 5. The number of fused-ring (bicyclic) bond motifs is 1. The number of ether oxygens (including phenoxy) is 2. The van der Waals surface area contributed by atoms with E-state index < -0.39 is 29.1 Å². The van der Waals surface area contributed by atoms with E-state index in [-0.39, 0.29) is 17.0 Å². The number of carbonyl (C=O) groups excluding carboxylic acids is 2. The number of carbonyl (C=O) groups is 2. The Bertz CT molecular complexity index is 1410. The zero-order valence-electron chi connectivity index (χ0n) is 18.5. The summed E-state index contributed by atoms with van der Waals surface area (Å²) in [5.41, 5.74) is -1.13. The predicted molar refractivity (Wildman–Crippen MR) is 123 cm³/mol. The summed E-state index contributed by atoms with van der Waals surface area (Å²) < 4.78 is 56.3. The fourth-order valence-electron chi connectivity index (χ4n) is 3.54. The monoisotopic (exact) mass is 484 g/mol. The Morgan fingerprint density at radius 3 is 2.23 bits per heavy atom. The zero-order chi connectivity index (χ0) is 25.2. The highest BCUT2D eigenvalue weighted by atomic mass is 19.4.